The molecule has 4 heteroatoms. The fraction of sp³-hybridized carbons (Fsp3) is 0.294. The molecule has 2 nitrogen and oxygen atoms in total. The molecule has 0 N–H and O–H groups in total. The van der Waals surface area contributed by atoms with E-state index in [9.17, 15) is 0 Å². The van der Waals surface area contributed by atoms with Crippen molar-refractivity contribution in [3.8, 4) is 5.75 Å². The van der Waals surface area contributed by atoms with Gasteiger partial charge in [-0.05, 0) is 49.9 Å². The number of ether oxygens (including phenoxy) is 1. The van der Waals surface area contributed by atoms with E-state index >= 15 is 0 Å². The maximum absolute atomic E-state index is 6.05. The van der Waals surface area contributed by atoms with Crippen molar-refractivity contribution < 1.29 is 4.74 Å². The molecule has 0 aliphatic carbocycles. The van der Waals surface area contributed by atoms with Crippen LogP contribution in [0.1, 0.15) is 18.5 Å². The van der Waals surface area contributed by atoms with Gasteiger partial charge in [-0.1, -0.05) is 45.7 Å². The lowest BCUT2D eigenvalue weighted by atomic mass is 10.1. The molecule has 0 aliphatic rings. The van der Waals surface area contributed by atoms with Crippen molar-refractivity contribution in [2.45, 2.75) is 13.0 Å². The summed E-state index contributed by atoms with van der Waals surface area (Å²) < 4.78 is 6.80. The Morgan fingerprint density at radius 2 is 1.95 bits per heavy atom. The summed E-state index contributed by atoms with van der Waals surface area (Å²) in [5, 5.41) is 0.776. The molecule has 1 atom stereocenters. The highest BCUT2D eigenvalue weighted by Gasteiger charge is 2.11. The molecule has 2 aromatic rings. The second-order valence-corrected chi connectivity index (χ2v) is 6.37. The molecule has 0 bridgehead atoms. The van der Waals surface area contributed by atoms with Gasteiger partial charge in [-0.25, -0.2) is 0 Å². The average Bonchev–Trinajstić information content (AvgIpc) is 2.46. The summed E-state index contributed by atoms with van der Waals surface area (Å²) in [5.74, 6) is 0.883. The molecule has 0 aromatic heterocycles. The Balaban J connectivity index is 1.85. The average molecular weight is 369 g/mol. The van der Waals surface area contributed by atoms with Crippen molar-refractivity contribution >= 4 is 27.5 Å². The van der Waals surface area contributed by atoms with Gasteiger partial charge in [-0.3, -0.25) is 4.90 Å². The van der Waals surface area contributed by atoms with Crippen LogP contribution in [0.4, 0.5) is 0 Å². The highest BCUT2D eigenvalue weighted by molar-refractivity contribution is 9.10. The Bertz CT molecular complexity index is 591. The van der Waals surface area contributed by atoms with Crippen molar-refractivity contribution in [1.29, 1.82) is 0 Å². The minimum Gasteiger partial charge on any atom is -0.492 e. The van der Waals surface area contributed by atoms with Crippen LogP contribution in [0.3, 0.4) is 0 Å². The summed E-state index contributed by atoms with van der Waals surface area (Å²) in [6.07, 6.45) is 0. The highest BCUT2D eigenvalue weighted by atomic mass is 79.9. The van der Waals surface area contributed by atoms with Crippen molar-refractivity contribution in [3.05, 3.63) is 63.6 Å². The van der Waals surface area contributed by atoms with Crippen LogP contribution in [0.5, 0.6) is 5.75 Å². The molecule has 1 unspecified atom stereocenters. The van der Waals surface area contributed by atoms with Gasteiger partial charge in [0, 0.05) is 22.1 Å². The number of hydrogen-bond acceptors (Lipinski definition) is 2. The van der Waals surface area contributed by atoms with Crippen LogP contribution in [-0.2, 0) is 0 Å². The summed E-state index contributed by atoms with van der Waals surface area (Å²) in [5.41, 5.74) is 1.22. The van der Waals surface area contributed by atoms with Crippen molar-refractivity contribution in [1.82, 2.24) is 4.90 Å². The van der Waals surface area contributed by atoms with Crippen molar-refractivity contribution in [3.63, 3.8) is 0 Å². The summed E-state index contributed by atoms with van der Waals surface area (Å²) in [6.45, 7) is 3.67. The molecule has 0 aliphatic heterocycles. The number of rotatable bonds is 6. The van der Waals surface area contributed by atoms with E-state index in [1.807, 2.05) is 42.5 Å². The Morgan fingerprint density at radius 3 is 2.67 bits per heavy atom. The second-order valence-electron chi connectivity index (χ2n) is 5.02. The van der Waals surface area contributed by atoms with E-state index in [4.69, 9.17) is 16.3 Å². The molecule has 21 heavy (non-hydrogen) atoms. The molecule has 0 saturated heterocycles. The van der Waals surface area contributed by atoms with Gasteiger partial charge in [-0.2, -0.15) is 0 Å². The first kappa shape index (κ1) is 16.3. The molecule has 0 radical (unpaired) electrons. The number of benzene rings is 2. The van der Waals surface area contributed by atoms with Gasteiger partial charge >= 0.3 is 0 Å². The van der Waals surface area contributed by atoms with E-state index in [-0.39, 0.29) is 0 Å². The Morgan fingerprint density at radius 1 is 1.19 bits per heavy atom. The SMILES string of the molecule is CC(c1cccc(Cl)c1)N(C)CCOc1cccc(Br)c1. The van der Waals surface area contributed by atoms with Crippen LogP contribution in [0.25, 0.3) is 0 Å². The third-order valence-electron chi connectivity index (χ3n) is 3.50. The molecule has 0 saturated carbocycles. The Labute approximate surface area is 139 Å². The summed E-state index contributed by atoms with van der Waals surface area (Å²) in [4.78, 5) is 2.25. The Hall–Kier alpha value is -1.03. The lowest BCUT2D eigenvalue weighted by Gasteiger charge is -2.25. The molecule has 0 fully saturated rings. The van der Waals surface area contributed by atoms with Crippen LogP contribution in [-0.4, -0.2) is 25.1 Å². The molecule has 0 amide bonds. The van der Waals surface area contributed by atoms with Gasteiger partial charge in [0.05, 0.1) is 0 Å². The number of nitrogens with zero attached hydrogens (tertiary/aromatic N) is 1. The Kier molecular flexibility index (Phi) is 6.09. The van der Waals surface area contributed by atoms with Gasteiger partial charge in [0.25, 0.3) is 0 Å². The largest absolute Gasteiger partial charge is 0.492 e. The molecular formula is C17H19BrClNO. The third kappa shape index (κ3) is 5.03. The van der Waals surface area contributed by atoms with E-state index in [2.05, 4.69) is 40.9 Å². The molecule has 2 aromatic carbocycles. The van der Waals surface area contributed by atoms with Gasteiger partial charge in [0.2, 0.25) is 0 Å². The van der Waals surface area contributed by atoms with E-state index in [1.54, 1.807) is 0 Å². The fourth-order valence-corrected chi connectivity index (χ4v) is 2.66. The van der Waals surface area contributed by atoms with E-state index < -0.39 is 0 Å². The van der Waals surface area contributed by atoms with Gasteiger partial charge in [0.1, 0.15) is 12.4 Å². The minimum atomic E-state index is 0.301. The predicted molar refractivity (Wildman–Crippen MR) is 92.1 cm³/mol. The maximum Gasteiger partial charge on any atom is 0.120 e. The van der Waals surface area contributed by atoms with Crippen LogP contribution in [0, 0.1) is 0 Å². The molecule has 0 spiro atoms. The van der Waals surface area contributed by atoms with Crippen LogP contribution >= 0.6 is 27.5 Å². The van der Waals surface area contributed by atoms with E-state index in [0.717, 1.165) is 21.8 Å². The zero-order valence-corrected chi connectivity index (χ0v) is 14.6. The summed E-state index contributed by atoms with van der Waals surface area (Å²) in [7, 11) is 2.09. The lowest BCUT2D eigenvalue weighted by molar-refractivity contribution is 0.201. The maximum atomic E-state index is 6.05. The molecule has 112 valence electrons. The highest BCUT2D eigenvalue weighted by Crippen LogP contribution is 2.22. The van der Waals surface area contributed by atoms with Crippen LogP contribution in [0.2, 0.25) is 5.02 Å². The molecule has 2 rings (SSSR count). The number of likely N-dealkylation sites (N-methyl/N-ethyl adjacent to an activating group) is 1. The first-order chi connectivity index (χ1) is 10.1. The summed E-state index contributed by atoms with van der Waals surface area (Å²) in [6, 6.07) is 16.2. The monoisotopic (exact) mass is 367 g/mol. The van der Waals surface area contributed by atoms with Gasteiger partial charge in [0.15, 0.2) is 0 Å². The minimum absolute atomic E-state index is 0.301. The molecule has 0 heterocycles. The third-order valence-corrected chi connectivity index (χ3v) is 4.23. The predicted octanol–water partition coefficient (Wildman–Crippen LogP) is 5.17. The molecular weight excluding hydrogens is 350 g/mol. The topological polar surface area (TPSA) is 12.5 Å². The smallest absolute Gasteiger partial charge is 0.120 e. The van der Waals surface area contributed by atoms with Gasteiger partial charge < -0.3 is 4.74 Å². The second kappa shape index (κ2) is 7.83. The van der Waals surface area contributed by atoms with Crippen LogP contribution < -0.4 is 4.74 Å². The number of hydrogen-bond donors (Lipinski definition) is 0. The van der Waals surface area contributed by atoms with Gasteiger partial charge in [-0.15, -0.1) is 0 Å². The standard InChI is InChI=1S/C17H19BrClNO/c1-13(14-5-3-7-16(19)11-14)20(2)9-10-21-17-8-4-6-15(18)12-17/h3-8,11-13H,9-10H2,1-2H3. The van der Waals surface area contributed by atoms with E-state index in [1.165, 1.54) is 5.56 Å². The first-order valence-corrected chi connectivity index (χ1v) is 8.07. The zero-order chi connectivity index (χ0) is 15.2. The van der Waals surface area contributed by atoms with Crippen LogP contribution in [0.15, 0.2) is 53.0 Å². The number of halogens is 2. The normalized spacial score (nSPS) is 12.4. The van der Waals surface area contributed by atoms with Crippen molar-refractivity contribution in [2.75, 3.05) is 20.2 Å². The summed E-state index contributed by atoms with van der Waals surface area (Å²) >= 11 is 9.49. The fourth-order valence-electron chi connectivity index (χ4n) is 2.08. The quantitative estimate of drug-likeness (QED) is 0.697. The van der Waals surface area contributed by atoms with Crippen molar-refractivity contribution in [2.24, 2.45) is 0 Å². The first-order valence-electron chi connectivity index (χ1n) is 6.90. The van der Waals surface area contributed by atoms with E-state index in [0.29, 0.717) is 12.6 Å². The zero-order valence-electron chi connectivity index (χ0n) is 12.2. The lowest BCUT2D eigenvalue weighted by Crippen LogP contribution is -2.27.